The molecule has 1 fully saturated rings. The Bertz CT molecular complexity index is 420. The van der Waals surface area contributed by atoms with Gasteiger partial charge in [0.2, 0.25) is 0 Å². The van der Waals surface area contributed by atoms with Crippen LogP contribution in [0.4, 0.5) is 0 Å². The highest BCUT2D eigenvalue weighted by molar-refractivity contribution is 6.49. The second-order valence-electron chi connectivity index (χ2n) is 6.32. The minimum atomic E-state index is 0.219. The molecule has 0 saturated heterocycles. The molecule has 17 heavy (non-hydrogen) atoms. The maximum atomic E-state index is 6.66. The Balaban J connectivity index is 2.56. The molecule has 0 amide bonds. The summed E-state index contributed by atoms with van der Waals surface area (Å²) in [6, 6.07) is 10.3. The molecular weight excluding hydrogens is 228 g/mol. The minimum absolute atomic E-state index is 0.219. The Morgan fingerprint density at radius 3 is 1.88 bits per heavy atom. The summed E-state index contributed by atoms with van der Waals surface area (Å²) in [7, 11) is 0. The first kappa shape index (κ1) is 12.7. The van der Waals surface area contributed by atoms with E-state index in [0.717, 1.165) is 10.6 Å². The van der Waals surface area contributed by atoms with Gasteiger partial charge in [-0.15, -0.1) is 0 Å². The number of halogens is 1. The van der Waals surface area contributed by atoms with Crippen molar-refractivity contribution in [2.24, 2.45) is 10.8 Å². The summed E-state index contributed by atoms with van der Waals surface area (Å²) in [4.78, 5) is 0. The highest BCUT2D eigenvalue weighted by atomic mass is 35.5. The lowest BCUT2D eigenvalue weighted by Crippen LogP contribution is -2.17. The summed E-state index contributed by atoms with van der Waals surface area (Å²) >= 11 is 6.66. The van der Waals surface area contributed by atoms with Gasteiger partial charge in [-0.2, -0.15) is 0 Å². The van der Waals surface area contributed by atoms with E-state index < -0.39 is 0 Å². The van der Waals surface area contributed by atoms with Crippen LogP contribution in [-0.2, 0) is 0 Å². The molecule has 1 saturated carbocycles. The zero-order chi connectivity index (χ0) is 12.7. The molecular formula is C16H21Cl. The van der Waals surface area contributed by atoms with Crippen LogP contribution in [0.25, 0.3) is 5.03 Å². The molecule has 1 aromatic carbocycles. The second-order valence-corrected chi connectivity index (χ2v) is 6.70. The first-order chi connectivity index (χ1) is 7.84. The standard InChI is InChI=1S/C16H21Cl/c1-15(2)10-11-16(3,4)14(15)13(17)12-8-6-5-7-9-12/h5-9H,10-11H2,1-4H3. The van der Waals surface area contributed by atoms with Crippen molar-refractivity contribution in [3.8, 4) is 0 Å². The molecule has 0 heterocycles. The van der Waals surface area contributed by atoms with Crippen LogP contribution >= 0.6 is 11.6 Å². The van der Waals surface area contributed by atoms with Crippen molar-refractivity contribution in [1.82, 2.24) is 0 Å². The SMILES string of the molecule is CC1(C)CCC(C)(C)C1=C(Cl)c1ccccc1. The lowest BCUT2D eigenvalue weighted by molar-refractivity contribution is 0.448. The number of rotatable bonds is 1. The van der Waals surface area contributed by atoms with Gasteiger partial charge < -0.3 is 0 Å². The van der Waals surface area contributed by atoms with Crippen LogP contribution in [0, 0.1) is 10.8 Å². The minimum Gasteiger partial charge on any atom is -0.0837 e. The molecule has 1 aromatic rings. The van der Waals surface area contributed by atoms with Gasteiger partial charge in [0.25, 0.3) is 0 Å². The van der Waals surface area contributed by atoms with Gasteiger partial charge in [0, 0.05) is 5.03 Å². The fourth-order valence-electron chi connectivity index (χ4n) is 3.11. The summed E-state index contributed by atoms with van der Waals surface area (Å²) in [6.45, 7) is 9.23. The largest absolute Gasteiger partial charge is 0.0837 e. The molecule has 0 nitrogen and oxygen atoms in total. The summed E-state index contributed by atoms with van der Waals surface area (Å²) in [5, 5.41) is 0.957. The maximum Gasteiger partial charge on any atom is 0.0481 e. The fourth-order valence-corrected chi connectivity index (χ4v) is 3.75. The van der Waals surface area contributed by atoms with Gasteiger partial charge in [0.05, 0.1) is 0 Å². The first-order valence-electron chi connectivity index (χ1n) is 6.31. The maximum absolute atomic E-state index is 6.66. The van der Waals surface area contributed by atoms with Gasteiger partial charge in [0.15, 0.2) is 0 Å². The highest BCUT2D eigenvalue weighted by Gasteiger charge is 2.43. The van der Waals surface area contributed by atoms with Crippen LogP contribution in [0.5, 0.6) is 0 Å². The van der Waals surface area contributed by atoms with E-state index in [4.69, 9.17) is 11.6 Å². The molecule has 0 aliphatic heterocycles. The van der Waals surface area contributed by atoms with Crippen LogP contribution in [0.15, 0.2) is 35.9 Å². The van der Waals surface area contributed by atoms with Crippen molar-refractivity contribution >= 4 is 16.6 Å². The lowest BCUT2D eigenvalue weighted by atomic mass is 9.77. The molecule has 1 aliphatic carbocycles. The normalized spacial score (nSPS) is 21.6. The summed E-state index contributed by atoms with van der Waals surface area (Å²) < 4.78 is 0. The van der Waals surface area contributed by atoms with E-state index in [1.165, 1.54) is 18.4 Å². The van der Waals surface area contributed by atoms with E-state index in [9.17, 15) is 0 Å². The van der Waals surface area contributed by atoms with Crippen LogP contribution in [0.1, 0.15) is 46.1 Å². The Hall–Kier alpha value is -0.750. The van der Waals surface area contributed by atoms with Crippen molar-refractivity contribution in [1.29, 1.82) is 0 Å². The van der Waals surface area contributed by atoms with Crippen molar-refractivity contribution in [2.75, 3.05) is 0 Å². The van der Waals surface area contributed by atoms with Gasteiger partial charge in [0.1, 0.15) is 0 Å². The number of hydrogen-bond donors (Lipinski definition) is 0. The van der Waals surface area contributed by atoms with Crippen LogP contribution in [-0.4, -0.2) is 0 Å². The topological polar surface area (TPSA) is 0 Å². The van der Waals surface area contributed by atoms with Gasteiger partial charge in [-0.1, -0.05) is 69.6 Å². The average Bonchev–Trinajstić information content (AvgIpc) is 2.49. The van der Waals surface area contributed by atoms with Crippen LogP contribution in [0.2, 0.25) is 0 Å². The third-order valence-corrected chi connectivity index (χ3v) is 4.38. The molecule has 0 bridgehead atoms. The smallest absolute Gasteiger partial charge is 0.0481 e. The number of allylic oxidation sites excluding steroid dienone is 1. The third-order valence-electron chi connectivity index (χ3n) is 3.98. The van der Waals surface area contributed by atoms with E-state index in [0.29, 0.717) is 0 Å². The van der Waals surface area contributed by atoms with Crippen molar-refractivity contribution < 1.29 is 0 Å². The van der Waals surface area contributed by atoms with E-state index in [2.05, 4.69) is 39.8 Å². The number of hydrogen-bond acceptors (Lipinski definition) is 0. The Morgan fingerprint density at radius 2 is 1.41 bits per heavy atom. The second kappa shape index (κ2) is 4.17. The Morgan fingerprint density at radius 1 is 0.941 bits per heavy atom. The number of benzene rings is 1. The zero-order valence-electron chi connectivity index (χ0n) is 11.2. The predicted octanol–water partition coefficient (Wildman–Crippen LogP) is 5.48. The average molecular weight is 249 g/mol. The monoisotopic (exact) mass is 248 g/mol. The lowest BCUT2D eigenvalue weighted by Gasteiger charge is -2.29. The summed E-state index contributed by atoms with van der Waals surface area (Å²) in [5.41, 5.74) is 3.00. The summed E-state index contributed by atoms with van der Waals surface area (Å²) in [5.74, 6) is 0. The first-order valence-corrected chi connectivity index (χ1v) is 6.68. The van der Waals surface area contributed by atoms with Gasteiger partial charge in [-0.25, -0.2) is 0 Å². The highest BCUT2D eigenvalue weighted by Crippen LogP contribution is 2.56. The van der Waals surface area contributed by atoms with E-state index >= 15 is 0 Å². The predicted molar refractivity (Wildman–Crippen MR) is 76.0 cm³/mol. The van der Waals surface area contributed by atoms with Crippen LogP contribution in [0.3, 0.4) is 0 Å². The fraction of sp³-hybridized carbons (Fsp3) is 0.500. The molecule has 2 rings (SSSR count). The summed E-state index contributed by atoms with van der Waals surface area (Å²) in [6.07, 6.45) is 2.44. The molecule has 1 heteroatoms. The quantitative estimate of drug-likeness (QED) is 0.617. The molecule has 0 spiro atoms. The zero-order valence-corrected chi connectivity index (χ0v) is 11.9. The molecule has 0 aromatic heterocycles. The molecule has 0 N–H and O–H groups in total. The Labute approximate surface area is 110 Å². The van der Waals surface area contributed by atoms with E-state index in [1.54, 1.807) is 0 Å². The van der Waals surface area contributed by atoms with E-state index in [1.807, 2.05) is 18.2 Å². The van der Waals surface area contributed by atoms with Gasteiger partial charge in [-0.05, 0) is 34.8 Å². The Kier molecular flexibility index (Phi) is 3.12. The van der Waals surface area contributed by atoms with Crippen molar-refractivity contribution in [3.63, 3.8) is 0 Å². The molecule has 0 unspecified atom stereocenters. The molecule has 1 aliphatic rings. The molecule has 92 valence electrons. The molecule has 0 atom stereocenters. The third kappa shape index (κ3) is 2.28. The van der Waals surface area contributed by atoms with E-state index in [-0.39, 0.29) is 10.8 Å². The van der Waals surface area contributed by atoms with Gasteiger partial charge in [-0.3, -0.25) is 0 Å². The molecule has 0 radical (unpaired) electrons. The van der Waals surface area contributed by atoms with Crippen molar-refractivity contribution in [3.05, 3.63) is 41.5 Å². The van der Waals surface area contributed by atoms with Crippen LogP contribution < -0.4 is 0 Å². The van der Waals surface area contributed by atoms with Gasteiger partial charge >= 0.3 is 0 Å². The van der Waals surface area contributed by atoms with Crippen molar-refractivity contribution in [2.45, 2.75) is 40.5 Å².